The summed E-state index contributed by atoms with van der Waals surface area (Å²) in [5, 5.41) is 8.20. The minimum atomic E-state index is -2.25. The second-order valence-corrected chi connectivity index (χ2v) is 11.8. The fraction of sp³-hybridized carbons (Fsp3) is 0.323. The van der Waals surface area contributed by atoms with Gasteiger partial charge >= 0.3 is 11.9 Å². The molecule has 1 fully saturated rings. The van der Waals surface area contributed by atoms with Gasteiger partial charge in [0.1, 0.15) is 24.9 Å². The Labute approximate surface area is 264 Å². The minimum Gasteiger partial charge on any atom is -0.463 e. The summed E-state index contributed by atoms with van der Waals surface area (Å²) < 4.78 is 33.5. The van der Waals surface area contributed by atoms with Crippen molar-refractivity contribution in [3.8, 4) is 0 Å². The summed E-state index contributed by atoms with van der Waals surface area (Å²) in [6.45, 7) is 1.21. The third kappa shape index (κ3) is 9.66. The molecule has 0 amide bonds. The van der Waals surface area contributed by atoms with Gasteiger partial charge in [-0.1, -0.05) is 114 Å². The van der Waals surface area contributed by atoms with E-state index in [0.29, 0.717) is 0 Å². The summed E-state index contributed by atoms with van der Waals surface area (Å²) in [5.74, 6) is -2.05. The Kier molecular flexibility index (Phi) is 11.8. The average Bonchev–Trinajstić information content (AvgIpc) is 3.00. The van der Waals surface area contributed by atoms with Crippen molar-refractivity contribution in [2.24, 2.45) is 0 Å². The number of hydrogen-bond donors (Lipinski definition) is 1. The van der Waals surface area contributed by atoms with Gasteiger partial charge in [-0.2, -0.15) is 0 Å². The lowest BCUT2D eigenvalue weighted by Gasteiger charge is -2.45. The Morgan fingerprint density at radius 1 is 0.767 bits per heavy atom. The first-order valence-corrected chi connectivity index (χ1v) is 14.4. The van der Waals surface area contributed by atoms with E-state index >= 15 is 0 Å². The van der Waals surface area contributed by atoms with Crippen LogP contribution in [0, 0.1) is 5.41 Å². The van der Waals surface area contributed by atoms with Crippen LogP contribution >= 0.6 is 34.8 Å². The zero-order valence-corrected chi connectivity index (χ0v) is 25.3. The maximum atomic E-state index is 13.3. The van der Waals surface area contributed by atoms with Gasteiger partial charge in [0.15, 0.2) is 6.10 Å². The highest BCUT2D eigenvalue weighted by Crippen LogP contribution is 2.34. The van der Waals surface area contributed by atoms with Crippen molar-refractivity contribution < 1.29 is 38.0 Å². The molecular formula is C31H30Cl3NO8. The summed E-state index contributed by atoms with van der Waals surface area (Å²) >= 11 is 17.7. The number of halogens is 3. The fourth-order valence-electron chi connectivity index (χ4n) is 4.31. The minimum absolute atomic E-state index is 0.0883. The van der Waals surface area contributed by atoms with Crippen molar-refractivity contribution in [2.75, 3.05) is 6.61 Å². The van der Waals surface area contributed by atoms with Crippen molar-refractivity contribution in [3.05, 3.63) is 108 Å². The van der Waals surface area contributed by atoms with Crippen LogP contribution in [0.1, 0.15) is 28.4 Å². The van der Waals surface area contributed by atoms with Crippen LogP contribution in [0.3, 0.4) is 0 Å². The predicted molar refractivity (Wildman–Crippen MR) is 160 cm³/mol. The molecule has 0 bridgehead atoms. The third-order valence-corrected chi connectivity index (χ3v) is 6.87. The first kappa shape index (κ1) is 32.7. The second-order valence-electron chi connectivity index (χ2n) is 9.55. The molecule has 3 aromatic carbocycles. The second kappa shape index (κ2) is 15.5. The van der Waals surface area contributed by atoms with Crippen molar-refractivity contribution in [1.29, 1.82) is 5.41 Å². The standard InChI is InChI=1S/C31H30Cl3NO8/c1-20(36)38-19-24-25(39-17-21-11-5-2-6-12-21)26(40-18-22-13-7-3-8-14-22)27(29(41-24)43-30(35)31(32,33)34)42-28(37)23-15-9-4-10-16-23/h2-16,24-27,29,35H,17-19H2,1H3/t24-,25+,26-,27+,29?/m0/s1. The molecule has 1 unspecified atom stereocenters. The number of carbonyl (C=O) groups excluding carboxylic acids is 2. The Balaban J connectivity index is 1.72. The lowest BCUT2D eigenvalue weighted by atomic mass is 9.97. The van der Waals surface area contributed by atoms with Crippen LogP contribution in [-0.4, -0.2) is 58.9 Å². The van der Waals surface area contributed by atoms with Gasteiger partial charge in [0.25, 0.3) is 3.79 Å². The number of carbonyl (C=O) groups is 2. The molecule has 1 saturated heterocycles. The molecular weight excluding hydrogens is 621 g/mol. The Bertz CT molecular complexity index is 1340. The molecule has 9 nitrogen and oxygen atoms in total. The largest absolute Gasteiger partial charge is 0.463 e. The van der Waals surface area contributed by atoms with Crippen molar-refractivity contribution in [1.82, 2.24) is 0 Å². The predicted octanol–water partition coefficient (Wildman–Crippen LogP) is 6.03. The quantitative estimate of drug-likeness (QED) is 0.116. The number of esters is 2. The summed E-state index contributed by atoms with van der Waals surface area (Å²) in [6, 6.07) is 27.0. The fourth-order valence-corrected chi connectivity index (χ4v) is 4.44. The van der Waals surface area contributed by atoms with E-state index in [-0.39, 0.29) is 25.4 Å². The number of alkyl halides is 3. The summed E-state index contributed by atoms with van der Waals surface area (Å²) in [7, 11) is 0. The molecule has 4 rings (SSSR count). The van der Waals surface area contributed by atoms with E-state index in [4.69, 9.17) is 68.6 Å². The lowest BCUT2D eigenvalue weighted by molar-refractivity contribution is -0.300. The first-order chi connectivity index (χ1) is 20.6. The molecule has 43 heavy (non-hydrogen) atoms. The molecule has 3 aromatic rings. The molecule has 1 N–H and O–H groups in total. The summed E-state index contributed by atoms with van der Waals surface area (Å²) in [5.41, 5.74) is 1.93. The van der Waals surface area contributed by atoms with Gasteiger partial charge in [-0.05, 0) is 23.3 Å². The van der Waals surface area contributed by atoms with Gasteiger partial charge in [0.2, 0.25) is 12.2 Å². The van der Waals surface area contributed by atoms with Crippen molar-refractivity contribution in [3.63, 3.8) is 0 Å². The van der Waals surface area contributed by atoms with E-state index in [2.05, 4.69) is 0 Å². The van der Waals surface area contributed by atoms with Crippen LogP contribution in [-0.2, 0) is 46.4 Å². The molecule has 1 heterocycles. The molecule has 1 aliphatic rings. The SMILES string of the molecule is CC(=O)OC[C@@H]1OC(OC(=N)C(Cl)(Cl)Cl)[C@H](OC(=O)c2ccccc2)[C@@H](OCc2ccccc2)[C@@H]1OCc1ccccc1. The third-order valence-electron chi connectivity index (χ3n) is 6.36. The number of benzene rings is 3. The van der Waals surface area contributed by atoms with Crippen LogP contribution in [0.2, 0.25) is 0 Å². The molecule has 0 spiro atoms. The number of nitrogens with one attached hydrogen (secondary N) is 1. The molecule has 12 heteroatoms. The van der Waals surface area contributed by atoms with Crippen LogP contribution in [0.25, 0.3) is 0 Å². The highest BCUT2D eigenvalue weighted by molar-refractivity contribution is 6.76. The van der Waals surface area contributed by atoms with E-state index in [9.17, 15) is 9.59 Å². The lowest BCUT2D eigenvalue weighted by Crippen LogP contribution is -2.62. The Morgan fingerprint density at radius 3 is 1.79 bits per heavy atom. The van der Waals surface area contributed by atoms with E-state index in [1.807, 2.05) is 60.7 Å². The number of ether oxygens (including phenoxy) is 6. The molecule has 1 aliphatic heterocycles. The van der Waals surface area contributed by atoms with E-state index in [0.717, 1.165) is 11.1 Å². The van der Waals surface area contributed by atoms with Crippen LogP contribution in [0.5, 0.6) is 0 Å². The zero-order chi connectivity index (χ0) is 30.8. The van der Waals surface area contributed by atoms with Crippen LogP contribution < -0.4 is 0 Å². The Morgan fingerprint density at radius 2 is 1.28 bits per heavy atom. The maximum absolute atomic E-state index is 13.3. The van der Waals surface area contributed by atoms with Crippen molar-refractivity contribution in [2.45, 2.75) is 54.6 Å². The molecule has 5 atom stereocenters. The van der Waals surface area contributed by atoms with Gasteiger partial charge in [-0.3, -0.25) is 10.2 Å². The van der Waals surface area contributed by atoms with E-state index < -0.39 is 52.3 Å². The molecule has 0 radical (unpaired) electrons. The number of rotatable bonds is 11. The van der Waals surface area contributed by atoms with E-state index in [1.54, 1.807) is 30.3 Å². The maximum Gasteiger partial charge on any atom is 0.338 e. The zero-order valence-electron chi connectivity index (χ0n) is 23.1. The molecule has 0 aliphatic carbocycles. The highest BCUT2D eigenvalue weighted by atomic mass is 35.6. The van der Waals surface area contributed by atoms with Crippen LogP contribution in [0.4, 0.5) is 0 Å². The summed E-state index contributed by atoms with van der Waals surface area (Å²) in [6.07, 6.45) is -5.82. The Hall–Kier alpha value is -3.18. The van der Waals surface area contributed by atoms with Gasteiger partial charge < -0.3 is 28.4 Å². The summed E-state index contributed by atoms with van der Waals surface area (Å²) in [4.78, 5) is 25.1. The van der Waals surface area contributed by atoms with Gasteiger partial charge in [0.05, 0.1) is 18.8 Å². The molecule has 0 saturated carbocycles. The topological polar surface area (TPSA) is 113 Å². The smallest absolute Gasteiger partial charge is 0.338 e. The van der Waals surface area contributed by atoms with E-state index in [1.165, 1.54) is 6.92 Å². The normalized spacial score (nSPS) is 21.9. The molecule has 228 valence electrons. The van der Waals surface area contributed by atoms with Gasteiger partial charge in [0, 0.05) is 6.92 Å². The highest BCUT2D eigenvalue weighted by Gasteiger charge is 2.52. The first-order valence-electron chi connectivity index (χ1n) is 13.3. The van der Waals surface area contributed by atoms with Gasteiger partial charge in [-0.15, -0.1) is 0 Å². The number of hydrogen-bond acceptors (Lipinski definition) is 9. The molecule has 0 aromatic heterocycles. The monoisotopic (exact) mass is 649 g/mol. The van der Waals surface area contributed by atoms with Crippen molar-refractivity contribution >= 4 is 52.6 Å². The van der Waals surface area contributed by atoms with Gasteiger partial charge in [-0.25, -0.2) is 4.79 Å². The average molecular weight is 651 g/mol. The van der Waals surface area contributed by atoms with Crippen LogP contribution in [0.15, 0.2) is 91.0 Å².